The molecule has 0 saturated carbocycles. The second-order valence-corrected chi connectivity index (χ2v) is 15.2. The molecule has 0 amide bonds. The number of furan rings is 2. The number of anilines is 3. The van der Waals surface area contributed by atoms with Crippen molar-refractivity contribution in [2.75, 3.05) is 4.90 Å². The summed E-state index contributed by atoms with van der Waals surface area (Å²) in [6.07, 6.45) is 0. The van der Waals surface area contributed by atoms with E-state index < -0.39 is 0 Å². The summed E-state index contributed by atoms with van der Waals surface area (Å²) in [5, 5.41) is 9.56. The van der Waals surface area contributed by atoms with Crippen LogP contribution in [-0.2, 0) is 0 Å². The van der Waals surface area contributed by atoms with Crippen LogP contribution in [0.5, 0.6) is 0 Å². The maximum absolute atomic E-state index is 6.42. The SMILES string of the molecule is c1ccc2c(c1)ccc1c(-c3ccc(N(c4ccc(-c5cccc6c5oc5ccccc56)cc4)c4ccc(-c5cccc6c5oc5ccccc56)cc4)cc3)cccc12. The Bertz CT molecular complexity index is 3380. The fourth-order valence-corrected chi connectivity index (χ4v) is 9.06. The van der Waals surface area contributed by atoms with Gasteiger partial charge in [0.25, 0.3) is 0 Å². The van der Waals surface area contributed by atoms with Gasteiger partial charge in [-0.1, -0.05) is 164 Å². The van der Waals surface area contributed by atoms with E-state index in [0.29, 0.717) is 0 Å². The van der Waals surface area contributed by atoms with Gasteiger partial charge in [-0.25, -0.2) is 0 Å². The first-order valence-electron chi connectivity index (χ1n) is 20.1. The molecule has 12 aromatic rings. The first kappa shape index (κ1) is 33.3. The third-order valence-electron chi connectivity index (χ3n) is 11.9. The Balaban J connectivity index is 0.958. The Kier molecular flexibility index (Phi) is 7.54. The zero-order valence-corrected chi connectivity index (χ0v) is 32.0. The molecule has 3 heteroatoms. The van der Waals surface area contributed by atoms with Crippen LogP contribution in [0.15, 0.2) is 221 Å². The summed E-state index contributed by atoms with van der Waals surface area (Å²) >= 11 is 0. The average molecular weight is 754 g/mol. The van der Waals surface area contributed by atoms with Crippen LogP contribution in [0, 0.1) is 0 Å². The molecule has 3 nitrogen and oxygen atoms in total. The first-order chi connectivity index (χ1) is 29.2. The predicted octanol–water partition coefficient (Wildman–Crippen LogP) is 16.3. The van der Waals surface area contributed by atoms with Gasteiger partial charge in [0.1, 0.15) is 22.3 Å². The van der Waals surface area contributed by atoms with Gasteiger partial charge < -0.3 is 13.7 Å². The van der Waals surface area contributed by atoms with Gasteiger partial charge in [0.2, 0.25) is 0 Å². The van der Waals surface area contributed by atoms with Crippen molar-refractivity contribution in [1.29, 1.82) is 0 Å². The van der Waals surface area contributed by atoms with Gasteiger partial charge in [0.15, 0.2) is 0 Å². The molecule has 0 spiro atoms. The molecular formula is C56H35NO2. The molecule has 2 heterocycles. The zero-order valence-electron chi connectivity index (χ0n) is 32.0. The second kappa shape index (κ2) is 13.4. The molecular weight excluding hydrogens is 719 g/mol. The lowest BCUT2D eigenvalue weighted by Gasteiger charge is -2.26. The standard InChI is InChI=1S/C56H35NO2/c1-2-11-43-36(10-1)28-35-48-44(14-7-17-47(43)48)37-22-29-40(30-23-37)57(41-31-24-38(25-32-41)45-15-8-18-51-49-12-3-5-20-53(49)58-55(45)51)42-33-26-39(27-34-42)46-16-9-19-52-50-13-4-6-21-54(50)59-56(46)52/h1-35H. The molecule has 0 fully saturated rings. The quantitative estimate of drug-likeness (QED) is 0.158. The highest BCUT2D eigenvalue weighted by Crippen LogP contribution is 2.42. The fraction of sp³-hybridized carbons (Fsp3) is 0. The minimum atomic E-state index is 0.901. The van der Waals surface area contributed by atoms with Crippen molar-refractivity contribution in [3.05, 3.63) is 212 Å². The summed E-state index contributed by atoms with van der Waals surface area (Å²) in [6, 6.07) is 75.7. The van der Waals surface area contributed by atoms with E-state index in [1.165, 1.54) is 32.7 Å². The van der Waals surface area contributed by atoms with Gasteiger partial charge in [-0.3, -0.25) is 0 Å². The Morgan fingerprint density at radius 3 is 1.19 bits per heavy atom. The lowest BCUT2D eigenvalue weighted by molar-refractivity contribution is 0.669. The Morgan fingerprint density at radius 1 is 0.254 bits per heavy atom. The van der Waals surface area contributed by atoms with E-state index in [1.54, 1.807) is 0 Å². The number of benzene rings is 10. The number of nitrogens with zero attached hydrogens (tertiary/aromatic N) is 1. The largest absolute Gasteiger partial charge is 0.455 e. The van der Waals surface area contributed by atoms with Crippen LogP contribution in [0.1, 0.15) is 0 Å². The molecule has 0 unspecified atom stereocenters. The van der Waals surface area contributed by atoms with E-state index in [9.17, 15) is 0 Å². The Hall–Kier alpha value is -7.88. The molecule has 0 aliphatic rings. The van der Waals surface area contributed by atoms with Crippen LogP contribution in [0.3, 0.4) is 0 Å². The van der Waals surface area contributed by atoms with E-state index in [1.807, 2.05) is 24.3 Å². The van der Waals surface area contributed by atoms with Gasteiger partial charge in [0.05, 0.1) is 0 Å². The van der Waals surface area contributed by atoms with E-state index >= 15 is 0 Å². The minimum absolute atomic E-state index is 0.901. The molecule has 0 N–H and O–H groups in total. The van der Waals surface area contributed by atoms with Crippen molar-refractivity contribution in [3.8, 4) is 33.4 Å². The molecule has 0 radical (unpaired) electrons. The van der Waals surface area contributed by atoms with Crippen LogP contribution < -0.4 is 4.90 Å². The first-order valence-corrected chi connectivity index (χ1v) is 20.1. The molecule has 2 aromatic heterocycles. The number of hydrogen-bond donors (Lipinski definition) is 0. The molecule has 0 bridgehead atoms. The van der Waals surface area contributed by atoms with Crippen molar-refractivity contribution in [2.24, 2.45) is 0 Å². The number of rotatable bonds is 6. The Morgan fingerprint density at radius 2 is 0.661 bits per heavy atom. The second-order valence-electron chi connectivity index (χ2n) is 15.2. The molecule has 276 valence electrons. The van der Waals surface area contributed by atoms with Gasteiger partial charge >= 0.3 is 0 Å². The summed E-state index contributed by atoms with van der Waals surface area (Å²) in [4.78, 5) is 2.33. The van der Waals surface area contributed by atoms with Crippen LogP contribution in [0.25, 0.3) is 98.8 Å². The van der Waals surface area contributed by atoms with Gasteiger partial charge in [-0.05, 0) is 92.3 Å². The predicted molar refractivity (Wildman–Crippen MR) is 247 cm³/mol. The van der Waals surface area contributed by atoms with Crippen LogP contribution in [0.4, 0.5) is 17.1 Å². The third kappa shape index (κ3) is 5.44. The Labute approximate surface area is 340 Å². The van der Waals surface area contributed by atoms with Gasteiger partial charge in [-0.2, -0.15) is 0 Å². The topological polar surface area (TPSA) is 29.5 Å². The number of fused-ring (bicyclic) bond motifs is 9. The molecule has 0 aliphatic carbocycles. The normalized spacial score (nSPS) is 11.7. The van der Waals surface area contributed by atoms with E-state index in [4.69, 9.17) is 8.83 Å². The van der Waals surface area contributed by atoms with Crippen LogP contribution >= 0.6 is 0 Å². The summed E-state index contributed by atoms with van der Waals surface area (Å²) < 4.78 is 12.8. The lowest BCUT2D eigenvalue weighted by Crippen LogP contribution is -2.09. The van der Waals surface area contributed by atoms with Crippen LogP contribution in [0.2, 0.25) is 0 Å². The third-order valence-corrected chi connectivity index (χ3v) is 11.9. The van der Waals surface area contributed by atoms with Crippen molar-refractivity contribution < 1.29 is 8.83 Å². The molecule has 0 aliphatic heterocycles. The highest BCUT2D eigenvalue weighted by molar-refractivity contribution is 6.13. The van der Waals surface area contributed by atoms with E-state index in [-0.39, 0.29) is 0 Å². The maximum atomic E-state index is 6.42. The molecule has 0 saturated heterocycles. The van der Waals surface area contributed by atoms with Crippen molar-refractivity contribution >= 4 is 82.5 Å². The molecule has 59 heavy (non-hydrogen) atoms. The van der Waals surface area contributed by atoms with Crippen molar-refractivity contribution in [2.45, 2.75) is 0 Å². The highest BCUT2D eigenvalue weighted by atomic mass is 16.3. The van der Waals surface area contributed by atoms with Crippen LogP contribution in [-0.4, -0.2) is 0 Å². The summed E-state index contributed by atoms with van der Waals surface area (Å²) in [5.74, 6) is 0. The molecule has 10 aromatic carbocycles. The van der Waals surface area contributed by atoms with Crippen molar-refractivity contribution in [1.82, 2.24) is 0 Å². The van der Waals surface area contributed by atoms with Gasteiger partial charge in [0, 0.05) is 49.7 Å². The summed E-state index contributed by atoms with van der Waals surface area (Å²) in [5.41, 5.74) is 13.6. The molecule has 12 rings (SSSR count). The highest BCUT2D eigenvalue weighted by Gasteiger charge is 2.18. The number of para-hydroxylation sites is 4. The zero-order chi connectivity index (χ0) is 38.9. The van der Waals surface area contributed by atoms with Crippen molar-refractivity contribution in [3.63, 3.8) is 0 Å². The monoisotopic (exact) mass is 753 g/mol. The van der Waals surface area contributed by atoms with E-state index in [2.05, 4.69) is 193 Å². The van der Waals surface area contributed by atoms with E-state index in [0.717, 1.165) is 83.2 Å². The fourth-order valence-electron chi connectivity index (χ4n) is 9.06. The maximum Gasteiger partial charge on any atom is 0.143 e. The van der Waals surface area contributed by atoms with Gasteiger partial charge in [-0.15, -0.1) is 0 Å². The molecule has 0 atom stereocenters. The number of hydrogen-bond acceptors (Lipinski definition) is 3. The average Bonchev–Trinajstić information content (AvgIpc) is 3.89. The lowest BCUT2D eigenvalue weighted by atomic mass is 9.94. The summed E-state index contributed by atoms with van der Waals surface area (Å²) in [6.45, 7) is 0. The summed E-state index contributed by atoms with van der Waals surface area (Å²) in [7, 11) is 0. The smallest absolute Gasteiger partial charge is 0.143 e. The minimum Gasteiger partial charge on any atom is -0.455 e.